The zero-order valence-electron chi connectivity index (χ0n) is 9.28. The van der Waals surface area contributed by atoms with Gasteiger partial charge in [0.1, 0.15) is 5.78 Å². The van der Waals surface area contributed by atoms with Crippen molar-refractivity contribution in [2.45, 2.75) is 26.8 Å². The highest BCUT2D eigenvalue weighted by molar-refractivity contribution is 7.07. The summed E-state index contributed by atoms with van der Waals surface area (Å²) in [6.07, 6.45) is 0.108. The van der Waals surface area contributed by atoms with Gasteiger partial charge in [0.15, 0.2) is 4.80 Å². The lowest BCUT2D eigenvalue weighted by molar-refractivity contribution is -0.142. The highest BCUT2D eigenvalue weighted by atomic mass is 32.1. The van der Waals surface area contributed by atoms with Crippen LogP contribution in [0.25, 0.3) is 0 Å². The van der Waals surface area contributed by atoms with Crippen molar-refractivity contribution in [2.75, 3.05) is 6.61 Å². The van der Waals surface area contributed by atoms with E-state index in [0.717, 1.165) is 0 Å². The number of carbonyl (C=O) groups is 2. The van der Waals surface area contributed by atoms with E-state index in [9.17, 15) is 9.59 Å². The number of Topliss-reactive ketones (excluding diaryl/α,β-unsaturated/α-hetero) is 1. The molecule has 0 aromatic carbocycles. The second-order valence-electron chi connectivity index (χ2n) is 3.30. The van der Waals surface area contributed by atoms with E-state index in [2.05, 4.69) is 0 Å². The van der Waals surface area contributed by atoms with Crippen LogP contribution in [-0.4, -0.2) is 22.9 Å². The summed E-state index contributed by atoms with van der Waals surface area (Å²) in [5, 5.41) is 9.32. The third kappa shape index (κ3) is 3.30. The predicted molar refractivity (Wildman–Crippen MR) is 59.2 cm³/mol. The molecule has 0 saturated heterocycles. The van der Waals surface area contributed by atoms with Crippen molar-refractivity contribution >= 4 is 23.1 Å². The first-order chi connectivity index (χ1) is 7.54. The van der Waals surface area contributed by atoms with Gasteiger partial charge in [0.2, 0.25) is 0 Å². The standard InChI is InChI=1S/C10H14N2O3S/c1-3-15-9(14)4-8-6-16-10(11)12(8)5-7(2)13/h6,11H,3-5H2,1-2H3. The number of esters is 1. The number of ketones is 1. The van der Waals surface area contributed by atoms with E-state index in [1.54, 1.807) is 12.3 Å². The molecule has 0 aliphatic carbocycles. The van der Waals surface area contributed by atoms with Crippen LogP contribution in [0.2, 0.25) is 0 Å². The molecule has 0 aliphatic rings. The number of nitrogens with zero attached hydrogens (tertiary/aromatic N) is 1. The van der Waals surface area contributed by atoms with Crippen LogP contribution >= 0.6 is 11.3 Å². The van der Waals surface area contributed by atoms with Crippen LogP contribution in [0.4, 0.5) is 0 Å². The zero-order valence-corrected chi connectivity index (χ0v) is 10.1. The maximum Gasteiger partial charge on any atom is 0.311 e. The Morgan fingerprint density at radius 3 is 2.81 bits per heavy atom. The summed E-state index contributed by atoms with van der Waals surface area (Å²) in [7, 11) is 0. The molecule has 0 saturated carbocycles. The summed E-state index contributed by atoms with van der Waals surface area (Å²) in [6, 6.07) is 0. The van der Waals surface area contributed by atoms with Gasteiger partial charge in [-0.25, -0.2) is 0 Å². The van der Waals surface area contributed by atoms with E-state index in [0.29, 0.717) is 12.3 Å². The van der Waals surface area contributed by atoms with Crippen molar-refractivity contribution in [3.63, 3.8) is 0 Å². The van der Waals surface area contributed by atoms with Crippen molar-refractivity contribution in [1.29, 1.82) is 5.41 Å². The first-order valence-electron chi connectivity index (χ1n) is 4.91. The first-order valence-corrected chi connectivity index (χ1v) is 5.79. The molecule has 16 heavy (non-hydrogen) atoms. The van der Waals surface area contributed by atoms with Crippen LogP contribution in [0, 0.1) is 5.41 Å². The fraction of sp³-hybridized carbons (Fsp3) is 0.500. The van der Waals surface area contributed by atoms with Crippen molar-refractivity contribution in [1.82, 2.24) is 4.57 Å². The molecule has 1 N–H and O–H groups in total. The molecule has 1 aromatic rings. The highest BCUT2D eigenvalue weighted by Gasteiger charge is 2.11. The third-order valence-electron chi connectivity index (χ3n) is 1.91. The maximum absolute atomic E-state index is 11.3. The Hall–Kier alpha value is -1.43. The van der Waals surface area contributed by atoms with Crippen molar-refractivity contribution in [3.8, 4) is 0 Å². The number of ether oxygens (including phenoxy) is 1. The lowest BCUT2D eigenvalue weighted by Gasteiger charge is -2.05. The molecule has 0 aliphatic heterocycles. The normalized spacial score (nSPS) is 10.1. The molecule has 0 bridgehead atoms. The molecule has 1 rings (SSSR count). The van der Waals surface area contributed by atoms with Gasteiger partial charge in [-0.2, -0.15) is 0 Å². The Kier molecular flexibility index (Phi) is 4.42. The summed E-state index contributed by atoms with van der Waals surface area (Å²) in [6.45, 7) is 3.67. The molecule has 1 aromatic heterocycles. The van der Waals surface area contributed by atoms with E-state index >= 15 is 0 Å². The van der Waals surface area contributed by atoms with Gasteiger partial charge in [-0.1, -0.05) is 0 Å². The largest absolute Gasteiger partial charge is 0.466 e. The van der Waals surface area contributed by atoms with Crippen LogP contribution in [-0.2, 0) is 27.3 Å². The second-order valence-corrected chi connectivity index (χ2v) is 4.16. The molecule has 5 nitrogen and oxygen atoms in total. The number of hydrogen-bond donors (Lipinski definition) is 1. The molecule has 0 amide bonds. The molecular formula is C10H14N2O3S. The smallest absolute Gasteiger partial charge is 0.311 e. The summed E-state index contributed by atoms with van der Waals surface area (Å²) < 4.78 is 6.35. The maximum atomic E-state index is 11.3. The van der Waals surface area contributed by atoms with Gasteiger partial charge in [-0.05, 0) is 13.8 Å². The second kappa shape index (κ2) is 5.60. The Balaban J connectivity index is 2.84. The Bertz CT molecular complexity index is 447. The highest BCUT2D eigenvalue weighted by Crippen LogP contribution is 2.04. The summed E-state index contributed by atoms with van der Waals surface area (Å²) in [4.78, 5) is 22.6. The SMILES string of the molecule is CCOC(=O)Cc1csc(=N)n1CC(C)=O. The van der Waals surface area contributed by atoms with E-state index in [1.807, 2.05) is 0 Å². The van der Waals surface area contributed by atoms with Gasteiger partial charge < -0.3 is 9.30 Å². The van der Waals surface area contributed by atoms with Crippen LogP contribution in [0.5, 0.6) is 0 Å². The number of carbonyl (C=O) groups excluding carboxylic acids is 2. The molecule has 0 unspecified atom stereocenters. The van der Waals surface area contributed by atoms with E-state index < -0.39 is 0 Å². The Labute approximate surface area is 97.2 Å². The van der Waals surface area contributed by atoms with Crippen LogP contribution in [0.3, 0.4) is 0 Å². The lowest BCUT2D eigenvalue weighted by atomic mass is 10.3. The monoisotopic (exact) mass is 242 g/mol. The minimum absolute atomic E-state index is 0.0398. The molecule has 0 radical (unpaired) electrons. The van der Waals surface area contributed by atoms with E-state index in [1.165, 1.54) is 22.8 Å². The topological polar surface area (TPSA) is 72.2 Å². The number of rotatable bonds is 5. The van der Waals surface area contributed by atoms with Gasteiger partial charge >= 0.3 is 5.97 Å². The average molecular weight is 242 g/mol. The molecule has 6 heteroatoms. The van der Waals surface area contributed by atoms with Crippen LogP contribution in [0.1, 0.15) is 19.5 Å². The number of aromatic nitrogens is 1. The molecule has 0 atom stereocenters. The Morgan fingerprint density at radius 1 is 1.56 bits per heavy atom. The van der Waals surface area contributed by atoms with Crippen molar-refractivity contribution < 1.29 is 14.3 Å². The zero-order chi connectivity index (χ0) is 12.1. The molecule has 88 valence electrons. The number of hydrogen-bond acceptors (Lipinski definition) is 5. The van der Waals surface area contributed by atoms with Gasteiger partial charge in [0, 0.05) is 11.1 Å². The summed E-state index contributed by atoms with van der Waals surface area (Å²) >= 11 is 1.20. The van der Waals surface area contributed by atoms with E-state index in [-0.39, 0.29) is 29.5 Å². The number of thiazole rings is 1. The molecular weight excluding hydrogens is 228 g/mol. The van der Waals surface area contributed by atoms with Crippen LogP contribution < -0.4 is 4.80 Å². The van der Waals surface area contributed by atoms with Crippen molar-refractivity contribution in [3.05, 3.63) is 15.9 Å². The lowest BCUT2D eigenvalue weighted by Crippen LogP contribution is -2.22. The minimum atomic E-state index is -0.336. The van der Waals surface area contributed by atoms with Crippen LogP contribution in [0.15, 0.2) is 5.38 Å². The fourth-order valence-corrected chi connectivity index (χ4v) is 2.04. The molecule has 0 spiro atoms. The first kappa shape index (κ1) is 12.6. The van der Waals surface area contributed by atoms with Gasteiger partial charge in [-0.3, -0.25) is 15.0 Å². The third-order valence-corrected chi connectivity index (χ3v) is 2.74. The summed E-state index contributed by atoms with van der Waals surface area (Å²) in [5.41, 5.74) is 0.656. The molecule has 1 heterocycles. The Morgan fingerprint density at radius 2 is 2.25 bits per heavy atom. The summed E-state index contributed by atoms with van der Waals surface area (Å²) in [5.74, 6) is -0.375. The fourth-order valence-electron chi connectivity index (χ4n) is 1.27. The van der Waals surface area contributed by atoms with E-state index in [4.69, 9.17) is 10.1 Å². The quantitative estimate of drug-likeness (QED) is 0.773. The van der Waals surface area contributed by atoms with Gasteiger partial charge in [0.25, 0.3) is 0 Å². The minimum Gasteiger partial charge on any atom is -0.466 e. The van der Waals surface area contributed by atoms with Crippen molar-refractivity contribution in [2.24, 2.45) is 0 Å². The molecule has 0 fully saturated rings. The van der Waals surface area contributed by atoms with Gasteiger partial charge in [-0.15, -0.1) is 11.3 Å². The number of nitrogens with one attached hydrogen (secondary N) is 1. The predicted octanol–water partition coefficient (Wildman–Crippen LogP) is 0.724. The average Bonchev–Trinajstić information content (AvgIpc) is 2.49. The van der Waals surface area contributed by atoms with Gasteiger partial charge in [0.05, 0.1) is 19.6 Å².